The van der Waals surface area contributed by atoms with Crippen molar-refractivity contribution >= 4 is 15.7 Å². The van der Waals surface area contributed by atoms with Gasteiger partial charge in [0, 0.05) is 31.6 Å². The number of carbonyl (C=O) groups excluding carboxylic acids is 1. The molecule has 2 aliphatic rings. The van der Waals surface area contributed by atoms with Crippen LogP contribution < -0.4 is 5.73 Å². The van der Waals surface area contributed by atoms with Crippen molar-refractivity contribution in [1.29, 1.82) is 0 Å². The van der Waals surface area contributed by atoms with Crippen molar-refractivity contribution < 1.29 is 26.4 Å². The molecule has 2 N–H and O–H groups in total. The summed E-state index contributed by atoms with van der Waals surface area (Å²) < 4.78 is 64.2. The van der Waals surface area contributed by atoms with Crippen LogP contribution in [-0.2, 0) is 21.1 Å². The molecule has 0 bridgehead atoms. The Labute approximate surface area is 169 Å². The van der Waals surface area contributed by atoms with E-state index in [1.54, 1.807) is 4.90 Å². The zero-order valence-electron chi connectivity index (χ0n) is 16.2. The number of hydrogen-bond donors (Lipinski definition) is 1. The lowest BCUT2D eigenvalue weighted by molar-refractivity contribution is -0.132. The Bertz CT molecular complexity index is 851. The molecule has 1 atom stereocenters. The molecular weight excluding hydrogens is 405 g/mol. The zero-order valence-corrected chi connectivity index (χ0v) is 17.1. The molecule has 1 aliphatic carbocycles. The van der Waals surface area contributed by atoms with Crippen LogP contribution in [0, 0.1) is 29.3 Å². The van der Waals surface area contributed by atoms with Crippen molar-refractivity contribution in [2.24, 2.45) is 17.6 Å². The maximum atomic E-state index is 13.8. The molecule has 0 unspecified atom stereocenters. The first kappa shape index (κ1) is 22.1. The summed E-state index contributed by atoms with van der Waals surface area (Å²) in [6.07, 6.45) is 3.19. The van der Waals surface area contributed by atoms with Gasteiger partial charge < -0.3 is 10.6 Å². The van der Waals surface area contributed by atoms with E-state index in [0.29, 0.717) is 32.0 Å². The quantitative estimate of drug-likeness (QED) is 0.640. The van der Waals surface area contributed by atoms with E-state index in [2.05, 4.69) is 0 Å². The highest BCUT2D eigenvalue weighted by Gasteiger charge is 2.30. The predicted molar refractivity (Wildman–Crippen MR) is 103 cm³/mol. The number of amides is 1. The standard InChI is InChI=1S/C20H27F3N2O3S/c21-16-11-18(23)17(22)9-15(16)10-19(24)14-3-6-25(7-4-14)20(26)5-8-29(27,28)12-13-1-2-13/h9,11,13-14,19H,1-8,10,12,24H2/t19-/m1/s1. The van der Waals surface area contributed by atoms with E-state index >= 15 is 0 Å². The Morgan fingerprint density at radius 1 is 1.07 bits per heavy atom. The SMILES string of the molecule is N[C@H](Cc1cc(F)c(F)cc1F)C1CCN(C(=O)CCS(=O)(=O)CC2CC2)CC1. The first-order chi connectivity index (χ1) is 13.6. The lowest BCUT2D eigenvalue weighted by atomic mass is 9.86. The topological polar surface area (TPSA) is 80.5 Å². The van der Waals surface area contributed by atoms with Gasteiger partial charge in [0.1, 0.15) is 5.82 Å². The first-order valence-electron chi connectivity index (χ1n) is 10.0. The Morgan fingerprint density at radius 2 is 1.69 bits per heavy atom. The minimum atomic E-state index is -3.18. The number of rotatable bonds is 8. The van der Waals surface area contributed by atoms with Crippen LogP contribution in [0.25, 0.3) is 0 Å². The van der Waals surface area contributed by atoms with Crippen LogP contribution >= 0.6 is 0 Å². The van der Waals surface area contributed by atoms with Crippen LogP contribution in [0.2, 0.25) is 0 Å². The monoisotopic (exact) mass is 432 g/mol. The van der Waals surface area contributed by atoms with Gasteiger partial charge >= 0.3 is 0 Å². The molecule has 1 aromatic rings. The smallest absolute Gasteiger partial charge is 0.223 e. The highest BCUT2D eigenvalue weighted by Crippen LogP contribution is 2.30. The highest BCUT2D eigenvalue weighted by molar-refractivity contribution is 7.91. The van der Waals surface area contributed by atoms with Crippen molar-refractivity contribution in [2.75, 3.05) is 24.6 Å². The molecule has 29 heavy (non-hydrogen) atoms. The van der Waals surface area contributed by atoms with Crippen LogP contribution in [-0.4, -0.2) is 49.9 Å². The van der Waals surface area contributed by atoms with Crippen molar-refractivity contribution in [3.63, 3.8) is 0 Å². The summed E-state index contributed by atoms with van der Waals surface area (Å²) in [6.45, 7) is 0.917. The lowest BCUT2D eigenvalue weighted by Gasteiger charge is -2.35. The summed E-state index contributed by atoms with van der Waals surface area (Å²) in [5.41, 5.74) is 6.20. The molecular formula is C20H27F3N2O3S. The van der Waals surface area contributed by atoms with Crippen LogP contribution in [0.4, 0.5) is 13.2 Å². The third-order valence-electron chi connectivity index (χ3n) is 5.86. The van der Waals surface area contributed by atoms with E-state index in [-0.39, 0.29) is 47.7 Å². The molecule has 1 saturated carbocycles. The average Bonchev–Trinajstić information content (AvgIpc) is 3.47. The van der Waals surface area contributed by atoms with Gasteiger partial charge in [-0.3, -0.25) is 4.79 Å². The molecule has 0 radical (unpaired) electrons. The zero-order chi connectivity index (χ0) is 21.2. The fraction of sp³-hybridized carbons (Fsp3) is 0.650. The van der Waals surface area contributed by atoms with Crippen LogP contribution in [0.1, 0.15) is 37.7 Å². The normalized spacial score (nSPS) is 19.4. The number of sulfone groups is 1. The molecule has 1 saturated heterocycles. The highest BCUT2D eigenvalue weighted by atomic mass is 32.2. The van der Waals surface area contributed by atoms with Gasteiger partial charge in [-0.25, -0.2) is 21.6 Å². The van der Waals surface area contributed by atoms with Gasteiger partial charge in [0.05, 0.1) is 11.5 Å². The van der Waals surface area contributed by atoms with Gasteiger partial charge in [-0.1, -0.05) is 0 Å². The Hall–Kier alpha value is -1.61. The summed E-state index contributed by atoms with van der Waals surface area (Å²) in [4.78, 5) is 14.0. The van der Waals surface area contributed by atoms with E-state index < -0.39 is 33.3 Å². The number of benzene rings is 1. The summed E-state index contributed by atoms with van der Waals surface area (Å²) in [7, 11) is -3.18. The minimum absolute atomic E-state index is 0.00809. The van der Waals surface area contributed by atoms with Gasteiger partial charge in [-0.2, -0.15) is 0 Å². The van der Waals surface area contributed by atoms with Gasteiger partial charge in [-0.15, -0.1) is 0 Å². The average molecular weight is 433 g/mol. The molecule has 0 spiro atoms. The number of nitrogens with two attached hydrogens (primary N) is 1. The number of carbonyl (C=O) groups is 1. The molecule has 1 aromatic carbocycles. The predicted octanol–water partition coefficient (Wildman–Crippen LogP) is 2.43. The van der Waals surface area contributed by atoms with E-state index in [4.69, 9.17) is 5.73 Å². The summed E-state index contributed by atoms with van der Waals surface area (Å²) in [5, 5.41) is 0. The van der Waals surface area contributed by atoms with E-state index in [0.717, 1.165) is 18.9 Å². The fourth-order valence-electron chi connectivity index (χ4n) is 3.85. The summed E-state index contributed by atoms with van der Waals surface area (Å²) in [5.74, 6) is -2.98. The minimum Gasteiger partial charge on any atom is -0.343 e. The van der Waals surface area contributed by atoms with Crippen molar-refractivity contribution in [3.8, 4) is 0 Å². The molecule has 0 aromatic heterocycles. The largest absolute Gasteiger partial charge is 0.343 e. The van der Waals surface area contributed by atoms with Crippen LogP contribution in [0.3, 0.4) is 0 Å². The third kappa shape index (κ3) is 6.18. The van der Waals surface area contributed by atoms with Crippen molar-refractivity contribution in [3.05, 3.63) is 35.1 Å². The Morgan fingerprint density at radius 3 is 2.31 bits per heavy atom. The van der Waals surface area contributed by atoms with Crippen LogP contribution in [0.15, 0.2) is 12.1 Å². The Kier molecular flexibility index (Phi) is 6.88. The Balaban J connectivity index is 1.45. The van der Waals surface area contributed by atoms with Gasteiger partial charge in [0.25, 0.3) is 0 Å². The second-order valence-electron chi connectivity index (χ2n) is 8.25. The molecule has 162 valence electrons. The molecule has 1 aliphatic heterocycles. The molecule has 3 rings (SSSR count). The second-order valence-corrected chi connectivity index (χ2v) is 10.5. The number of likely N-dealkylation sites (tertiary alicyclic amines) is 1. The summed E-state index contributed by atoms with van der Waals surface area (Å²) in [6, 6.07) is 0.923. The number of halogens is 3. The summed E-state index contributed by atoms with van der Waals surface area (Å²) >= 11 is 0. The van der Waals surface area contributed by atoms with Gasteiger partial charge in [-0.05, 0) is 55.6 Å². The molecule has 5 nitrogen and oxygen atoms in total. The first-order valence-corrected chi connectivity index (χ1v) is 11.8. The third-order valence-corrected chi connectivity index (χ3v) is 7.66. The fourth-order valence-corrected chi connectivity index (χ4v) is 5.55. The molecule has 1 heterocycles. The van der Waals surface area contributed by atoms with Crippen molar-refractivity contribution in [2.45, 2.75) is 44.6 Å². The number of nitrogens with zero attached hydrogens (tertiary/aromatic N) is 1. The molecule has 2 fully saturated rings. The van der Waals surface area contributed by atoms with Crippen LogP contribution in [0.5, 0.6) is 0 Å². The van der Waals surface area contributed by atoms with Gasteiger partial charge in [0.15, 0.2) is 21.5 Å². The van der Waals surface area contributed by atoms with E-state index in [1.807, 2.05) is 0 Å². The van der Waals surface area contributed by atoms with E-state index in [9.17, 15) is 26.4 Å². The number of hydrogen-bond acceptors (Lipinski definition) is 4. The number of piperidine rings is 1. The maximum absolute atomic E-state index is 13.8. The second kappa shape index (κ2) is 9.04. The van der Waals surface area contributed by atoms with E-state index in [1.165, 1.54) is 0 Å². The molecule has 9 heteroatoms. The molecule has 1 amide bonds. The van der Waals surface area contributed by atoms with Crippen molar-refractivity contribution in [1.82, 2.24) is 4.90 Å². The van der Waals surface area contributed by atoms with Gasteiger partial charge in [0.2, 0.25) is 5.91 Å². The maximum Gasteiger partial charge on any atom is 0.223 e. The lowest BCUT2D eigenvalue weighted by Crippen LogP contribution is -2.44.